The zero-order valence-electron chi connectivity index (χ0n) is 15.6. The van der Waals surface area contributed by atoms with E-state index in [9.17, 15) is 23.1 Å². The van der Waals surface area contributed by atoms with Crippen molar-refractivity contribution in [2.75, 3.05) is 18.9 Å². The van der Waals surface area contributed by atoms with Gasteiger partial charge in [-0.05, 0) is 43.5 Å². The predicted octanol–water partition coefficient (Wildman–Crippen LogP) is 2.71. The van der Waals surface area contributed by atoms with Crippen molar-refractivity contribution < 1.29 is 23.1 Å². The van der Waals surface area contributed by atoms with Gasteiger partial charge in [-0.3, -0.25) is 9.59 Å². The van der Waals surface area contributed by atoms with E-state index in [1.807, 2.05) is 13.0 Å². The molecule has 0 aliphatic heterocycles. The fourth-order valence-corrected chi connectivity index (χ4v) is 4.21. The third-order valence-corrected chi connectivity index (χ3v) is 6.61. The van der Waals surface area contributed by atoms with Crippen molar-refractivity contribution in [3.8, 4) is 0 Å². The molecule has 7 nitrogen and oxygen atoms in total. The van der Waals surface area contributed by atoms with E-state index in [1.165, 1.54) is 28.6 Å². The summed E-state index contributed by atoms with van der Waals surface area (Å²) in [6.45, 7) is 2.44. The number of carbonyl (C=O) groups is 2. The smallest absolute Gasteiger partial charge is 0.307 e. The van der Waals surface area contributed by atoms with E-state index in [4.69, 9.17) is 0 Å². The Bertz CT molecular complexity index is 802. The summed E-state index contributed by atoms with van der Waals surface area (Å²) in [7, 11) is -2.02. The van der Waals surface area contributed by atoms with Crippen molar-refractivity contribution in [1.29, 1.82) is 0 Å². The molecule has 0 spiro atoms. The van der Waals surface area contributed by atoms with Crippen LogP contribution in [-0.2, 0) is 19.6 Å². The molecular weight excluding hydrogens is 368 g/mol. The van der Waals surface area contributed by atoms with Gasteiger partial charge in [-0.25, -0.2) is 12.7 Å². The molecule has 0 fully saturated rings. The van der Waals surface area contributed by atoms with E-state index in [1.54, 1.807) is 13.1 Å². The average molecular weight is 394 g/mol. The van der Waals surface area contributed by atoms with E-state index < -0.39 is 27.8 Å². The zero-order chi connectivity index (χ0) is 20.0. The Labute approximate surface area is 160 Å². The highest BCUT2D eigenvalue weighted by atomic mass is 32.2. The van der Waals surface area contributed by atoms with Gasteiger partial charge in [0.25, 0.3) is 0 Å². The maximum Gasteiger partial charge on any atom is 0.307 e. The van der Waals surface area contributed by atoms with Crippen LogP contribution in [0.1, 0.15) is 32.6 Å². The lowest BCUT2D eigenvalue weighted by Crippen LogP contribution is -2.34. The second kappa shape index (κ2) is 9.14. The van der Waals surface area contributed by atoms with E-state index in [0.29, 0.717) is 25.1 Å². The number of unbranched alkanes of at least 4 members (excludes halogenated alkanes) is 1. The maximum atomic E-state index is 12.5. The number of hydrogen-bond acceptors (Lipinski definition) is 4. The molecule has 0 bridgehead atoms. The molecule has 2 rings (SSSR count). The second-order valence-electron chi connectivity index (χ2n) is 6.69. The van der Waals surface area contributed by atoms with Crippen molar-refractivity contribution in [3.05, 3.63) is 36.4 Å². The second-order valence-corrected chi connectivity index (χ2v) is 8.73. The SMILES string of the molecule is CCCCN(C)S(=O)(=O)c1ccc(NC(=O)C2CC=CCC2C(=O)O)cc1. The van der Waals surface area contributed by atoms with Gasteiger partial charge in [-0.2, -0.15) is 0 Å². The topological polar surface area (TPSA) is 104 Å². The average Bonchev–Trinajstić information content (AvgIpc) is 2.66. The molecule has 0 saturated carbocycles. The van der Waals surface area contributed by atoms with E-state index >= 15 is 0 Å². The maximum absolute atomic E-state index is 12.5. The molecule has 1 amide bonds. The summed E-state index contributed by atoms with van der Waals surface area (Å²) < 4.78 is 26.3. The normalized spacial score (nSPS) is 19.8. The Morgan fingerprint density at radius 2 is 1.74 bits per heavy atom. The third-order valence-electron chi connectivity index (χ3n) is 4.74. The summed E-state index contributed by atoms with van der Waals surface area (Å²) in [4.78, 5) is 23.9. The number of benzene rings is 1. The van der Waals surface area contributed by atoms with E-state index in [2.05, 4.69) is 5.32 Å². The molecule has 8 heteroatoms. The standard InChI is InChI=1S/C19H26N2O5S/c1-3-4-13-21(2)27(25,26)15-11-9-14(10-12-15)20-18(22)16-7-5-6-8-17(16)19(23)24/h5-6,9-12,16-17H,3-4,7-8,13H2,1-2H3,(H,20,22)(H,23,24). The fraction of sp³-hybridized carbons (Fsp3) is 0.474. The number of allylic oxidation sites excluding steroid dienone is 2. The van der Waals surface area contributed by atoms with Gasteiger partial charge >= 0.3 is 5.97 Å². The van der Waals surface area contributed by atoms with Crippen LogP contribution in [0.2, 0.25) is 0 Å². The minimum Gasteiger partial charge on any atom is -0.481 e. The van der Waals surface area contributed by atoms with Crippen molar-refractivity contribution >= 4 is 27.6 Å². The first-order chi connectivity index (χ1) is 12.8. The molecule has 1 aromatic rings. The lowest BCUT2D eigenvalue weighted by Gasteiger charge is -2.24. The van der Waals surface area contributed by atoms with Gasteiger partial charge < -0.3 is 10.4 Å². The molecule has 2 unspecified atom stereocenters. The molecule has 0 saturated heterocycles. The Morgan fingerprint density at radius 3 is 2.30 bits per heavy atom. The predicted molar refractivity (Wildman–Crippen MR) is 103 cm³/mol. The van der Waals surface area contributed by atoms with Gasteiger partial charge in [0.05, 0.1) is 16.7 Å². The number of sulfonamides is 1. The largest absolute Gasteiger partial charge is 0.481 e. The van der Waals surface area contributed by atoms with Crippen LogP contribution in [0.3, 0.4) is 0 Å². The van der Waals surface area contributed by atoms with Crippen LogP contribution >= 0.6 is 0 Å². The summed E-state index contributed by atoms with van der Waals surface area (Å²) in [5.41, 5.74) is 0.439. The van der Waals surface area contributed by atoms with E-state index in [-0.39, 0.29) is 10.8 Å². The summed E-state index contributed by atoms with van der Waals surface area (Å²) in [6.07, 6.45) is 5.97. The molecular formula is C19H26N2O5S. The zero-order valence-corrected chi connectivity index (χ0v) is 16.4. The number of rotatable bonds is 8. The van der Waals surface area contributed by atoms with Crippen molar-refractivity contribution in [2.45, 2.75) is 37.5 Å². The van der Waals surface area contributed by atoms with E-state index in [0.717, 1.165) is 12.8 Å². The molecule has 27 heavy (non-hydrogen) atoms. The molecule has 148 valence electrons. The van der Waals surface area contributed by atoms with Crippen LogP contribution in [0.4, 0.5) is 5.69 Å². The molecule has 2 N–H and O–H groups in total. The van der Waals surface area contributed by atoms with Crippen LogP contribution in [0.15, 0.2) is 41.3 Å². The van der Waals surface area contributed by atoms with Crippen LogP contribution in [0.5, 0.6) is 0 Å². The number of carboxylic acids is 1. The number of aliphatic carboxylic acids is 1. The fourth-order valence-electron chi connectivity index (χ4n) is 3.00. The Hall–Kier alpha value is -2.19. The van der Waals surface area contributed by atoms with Crippen molar-refractivity contribution in [2.24, 2.45) is 11.8 Å². The number of anilines is 1. The van der Waals surface area contributed by atoms with Crippen LogP contribution in [-0.4, -0.2) is 43.3 Å². The summed E-state index contributed by atoms with van der Waals surface area (Å²) >= 11 is 0. The number of nitrogens with zero attached hydrogens (tertiary/aromatic N) is 1. The first-order valence-corrected chi connectivity index (χ1v) is 10.5. The highest BCUT2D eigenvalue weighted by Gasteiger charge is 2.34. The molecule has 1 aliphatic rings. The Morgan fingerprint density at radius 1 is 1.15 bits per heavy atom. The summed E-state index contributed by atoms with van der Waals surface area (Å²) in [6, 6.07) is 5.94. The number of carbonyl (C=O) groups excluding carboxylic acids is 1. The molecule has 0 radical (unpaired) electrons. The van der Waals surface area contributed by atoms with Crippen LogP contribution in [0.25, 0.3) is 0 Å². The van der Waals surface area contributed by atoms with Crippen LogP contribution in [0, 0.1) is 11.8 Å². The molecule has 2 atom stereocenters. The minimum atomic E-state index is -3.56. The monoisotopic (exact) mass is 394 g/mol. The van der Waals surface area contributed by atoms with Crippen molar-refractivity contribution in [1.82, 2.24) is 4.31 Å². The first kappa shape index (κ1) is 21.1. The summed E-state index contributed by atoms with van der Waals surface area (Å²) in [5, 5.41) is 12.0. The van der Waals surface area contributed by atoms with Gasteiger partial charge in [-0.1, -0.05) is 25.5 Å². The van der Waals surface area contributed by atoms with Gasteiger partial charge in [0.15, 0.2) is 0 Å². The highest BCUT2D eigenvalue weighted by Crippen LogP contribution is 2.27. The van der Waals surface area contributed by atoms with Crippen molar-refractivity contribution in [3.63, 3.8) is 0 Å². The minimum absolute atomic E-state index is 0.156. The number of nitrogens with one attached hydrogen (secondary N) is 1. The quantitative estimate of drug-likeness (QED) is 0.660. The summed E-state index contributed by atoms with van der Waals surface area (Å²) in [5.74, 6) is -2.75. The highest BCUT2D eigenvalue weighted by molar-refractivity contribution is 7.89. The molecule has 1 aromatic carbocycles. The number of hydrogen-bond donors (Lipinski definition) is 2. The lowest BCUT2D eigenvalue weighted by molar-refractivity contribution is -0.146. The number of carboxylic acid groups (broad SMARTS) is 1. The molecule has 0 heterocycles. The first-order valence-electron chi connectivity index (χ1n) is 9.02. The van der Waals surface area contributed by atoms with Gasteiger partial charge in [0.1, 0.15) is 0 Å². The molecule has 0 aromatic heterocycles. The molecule has 1 aliphatic carbocycles. The Kier molecular flexibility index (Phi) is 7.15. The van der Waals surface area contributed by atoms with Gasteiger partial charge in [0, 0.05) is 19.3 Å². The van der Waals surface area contributed by atoms with Gasteiger partial charge in [-0.15, -0.1) is 0 Å². The lowest BCUT2D eigenvalue weighted by atomic mass is 9.82. The number of amides is 1. The third kappa shape index (κ3) is 5.17. The van der Waals surface area contributed by atoms with Gasteiger partial charge in [0.2, 0.25) is 15.9 Å². The Balaban J connectivity index is 2.08. The van der Waals surface area contributed by atoms with Crippen LogP contribution < -0.4 is 5.32 Å².